The zero-order valence-electron chi connectivity index (χ0n) is 10.3. The van der Waals surface area contributed by atoms with Crippen LogP contribution in [-0.2, 0) is 4.74 Å². The topological polar surface area (TPSA) is 32.7 Å². The summed E-state index contributed by atoms with van der Waals surface area (Å²) in [5, 5.41) is 9.69. The quantitative estimate of drug-likeness (QED) is 0.669. The Kier molecular flexibility index (Phi) is 6.33. The number of ether oxygens (including phenoxy) is 1. The van der Waals surface area contributed by atoms with Crippen molar-refractivity contribution in [2.24, 2.45) is 11.8 Å². The summed E-state index contributed by atoms with van der Waals surface area (Å²) in [5.74, 6) is 0.963. The van der Waals surface area contributed by atoms with Crippen molar-refractivity contribution in [1.29, 1.82) is 0 Å². The molecular formula is C11H25NO2. The van der Waals surface area contributed by atoms with Gasteiger partial charge in [0.15, 0.2) is 0 Å². The summed E-state index contributed by atoms with van der Waals surface area (Å²) >= 11 is 0. The third-order valence-corrected chi connectivity index (χ3v) is 2.31. The molecule has 0 aromatic carbocycles. The summed E-state index contributed by atoms with van der Waals surface area (Å²) in [6.07, 6.45) is -0.700. The van der Waals surface area contributed by atoms with Crippen LogP contribution in [0, 0.1) is 11.8 Å². The van der Waals surface area contributed by atoms with Crippen LogP contribution in [0.4, 0.5) is 0 Å². The Balaban J connectivity index is 3.88. The fourth-order valence-electron chi connectivity index (χ4n) is 1.12. The van der Waals surface area contributed by atoms with E-state index < -0.39 is 6.41 Å². The average Bonchev–Trinajstić information content (AvgIpc) is 2.02. The van der Waals surface area contributed by atoms with Crippen molar-refractivity contribution in [1.82, 2.24) is 4.90 Å². The largest absolute Gasteiger partial charge is 0.356 e. The van der Waals surface area contributed by atoms with Crippen molar-refractivity contribution < 1.29 is 9.84 Å². The van der Waals surface area contributed by atoms with E-state index in [1.165, 1.54) is 0 Å². The standard InChI is InChI=1S/C11H25NO2/c1-8(2)7-12(6)11(13)14-10(5)9(3)4/h8-11,13H,7H2,1-6H3. The molecule has 0 heterocycles. The highest BCUT2D eigenvalue weighted by molar-refractivity contribution is 4.58. The van der Waals surface area contributed by atoms with Gasteiger partial charge >= 0.3 is 0 Å². The molecule has 2 atom stereocenters. The maximum absolute atomic E-state index is 9.69. The van der Waals surface area contributed by atoms with E-state index in [4.69, 9.17) is 4.74 Å². The number of hydrogen-bond donors (Lipinski definition) is 1. The van der Waals surface area contributed by atoms with Gasteiger partial charge in [-0.1, -0.05) is 27.7 Å². The van der Waals surface area contributed by atoms with Crippen molar-refractivity contribution in [3.8, 4) is 0 Å². The lowest BCUT2D eigenvalue weighted by Gasteiger charge is -2.28. The molecule has 0 bridgehead atoms. The molecule has 14 heavy (non-hydrogen) atoms. The van der Waals surface area contributed by atoms with Crippen LogP contribution in [0.25, 0.3) is 0 Å². The van der Waals surface area contributed by atoms with Gasteiger partial charge in [0.05, 0.1) is 6.10 Å². The number of hydrogen-bond acceptors (Lipinski definition) is 3. The van der Waals surface area contributed by atoms with E-state index in [9.17, 15) is 5.11 Å². The highest BCUT2D eigenvalue weighted by Crippen LogP contribution is 2.09. The number of rotatable bonds is 6. The lowest BCUT2D eigenvalue weighted by Crippen LogP contribution is -2.39. The van der Waals surface area contributed by atoms with E-state index in [0.717, 1.165) is 6.54 Å². The van der Waals surface area contributed by atoms with Crippen molar-refractivity contribution in [3.05, 3.63) is 0 Å². The second kappa shape index (κ2) is 6.38. The summed E-state index contributed by atoms with van der Waals surface area (Å²) in [4.78, 5) is 1.82. The molecule has 0 radical (unpaired) electrons. The van der Waals surface area contributed by atoms with Gasteiger partial charge in [0, 0.05) is 6.54 Å². The maximum Gasteiger partial charge on any atom is 0.216 e. The SMILES string of the molecule is CC(C)CN(C)C(O)OC(C)C(C)C. The predicted molar refractivity (Wildman–Crippen MR) is 58.9 cm³/mol. The van der Waals surface area contributed by atoms with Crippen molar-refractivity contribution >= 4 is 0 Å². The lowest BCUT2D eigenvalue weighted by molar-refractivity contribution is -0.216. The minimum atomic E-state index is -0.783. The second-order valence-electron chi connectivity index (χ2n) is 4.74. The van der Waals surface area contributed by atoms with E-state index in [0.29, 0.717) is 11.8 Å². The number of aliphatic hydroxyl groups is 1. The molecule has 0 saturated carbocycles. The van der Waals surface area contributed by atoms with Crippen LogP contribution in [0.5, 0.6) is 0 Å². The van der Waals surface area contributed by atoms with Gasteiger partial charge in [0.25, 0.3) is 0 Å². The molecule has 3 heteroatoms. The first-order valence-electron chi connectivity index (χ1n) is 5.38. The van der Waals surface area contributed by atoms with Crippen molar-refractivity contribution in [2.45, 2.75) is 47.1 Å². The Morgan fingerprint density at radius 3 is 2.00 bits per heavy atom. The molecule has 0 spiro atoms. The molecule has 0 saturated heterocycles. The Morgan fingerprint density at radius 2 is 1.64 bits per heavy atom. The van der Waals surface area contributed by atoms with Gasteiger partial charge in [-0.3, -0.25) is 4.90 Å². The van der Waals surface area contributed by atoms with Gasteiger partial charge < -0.3 is 9.84 Å². The van der Waals surface area contributed by atoms with Gasteiger partial charge in [0.2, 0.25) is 6.41 Å². The molecule has 0 aliphatic carbocycles. The van der Waals surface area contributed by atoms with Gasteiger partial charge in [-0.05, 0) is 25.8 Å². The molecule has 0 aromatic rings. The van der Waals surface area contributed by atoms with Crippen molar-refractivity contribution in [2.75, 3.05) is 13.6 Å². The smallest absolute Gasteiger partial charge is 0.216 e. The summed E-state index contributed by atoms with van der Waals surface area (Å²) in [7, 11) is 1.87. The Hall–Kier alpha value is -0.120. The van der Waals surface area contributed by atoms with Crippen LogP contribution in [0.3, 0.4) is 0 Å². The van der Waals surface area contributed by atoms with Gasteiger partial charge in [-0.2, -0.15) is 0 Å². The van der Waals surface area contributed by atoms with Gasteiger partial charge in [-0.25, -0.2) is 0 Å². The first kappa shape index (κ1) is 13.9. The highest BCUT2D eigenvalue weighted by Gasteiger charge is 2.17. The molecule has 1 N–H and O–H groups in total. The van der Waals surface area contributed by atoms with E-state index in [1.807, 2.05) is 18.9 Å². The molecule has 0 aromatic heterocycles. The third kappa shape index (κ3) is 5.58. The van der Waals surface area contributed by atoms with E-state index in [-0.39, 0.29) is 6.10 Å². The summed E-state index contributed by atoms with van der Waals surface area (Å²) in [5.41, 5.74) is 0. The van der Waals surface area contributed by atoms with E-state index in [2.05, 4.69) is 27.7 Å². The van der Waals surface area contributed by atoms with Crippen LogP contribution in [-0.4, -0.2) is 36.1 Å². The second-order valence-corrected chi connectivity index (χ2v) is 4.74. The van der Waals surface area contributed by atoms with Crippen LogP contribution < -0.4 is 0 Å². The number of nitrogens with zero attached hydrogens (tertiary/aromatic N) is 1. The fourth-order valence-corrected chi connectivity index (χ4v) is 1.12. The molecule has 2 unspecified atom stereocenters. The first-order chi connectivity index (χ1) is 6.34. The molecule has 86 valence electrons. The summed E-state index contributed by atoms with van der Waals surface area (Å²) in [6, 6.07) is 0. The Bertz CT molecular complexity index is 148. The Morgan fingerprint density at radius 1 is 1.14 bits per heavy atom. The number of aliphatic hydroxyl groups excluding tert-OH is 1. The summed E-state index contributed by atoms with van der Waals surface area (Å²) < 4.78 is 5.46. The van der Waals surface area contributed by atoms with E-state index in [1.54, 1.807) is 0 Å². The third-order valence-electron chi connectivity index (χ3n) is 2.31. The van der Waals surface area contributed by atoms with Crippen molar-refractivity contribution in [3.63, 3.8) is 0 Å². The molecule has 3 nitrogen and oxygen atoms in total. The molecule has 0 rings (SSSR count). The van der Waals surface area contributed by atoms with Crippen LogP contribution in [0.1, 0.15) is 34.6 Å². The molecule has 0 amide bonds. The van der Waals surface area contributed by atoms with Crippen LogP contribution in [0.15, 0.2) is 0 Å². The van der Waals surface area contributed by atoms with Gasteiger partial charge in [-0.15, -0.1) is 0 Å². The first-order valence-corrected chi connectivity index (χ1v) is 5.38. The maximum atomic E-state index is 9.69. The normalized spacial score (nSPS) is 16.7. The van der Waals surface area contributed by atoms with E-state index >= 15 is 0 Å². The fraction of sp³-hybridized carbons (Fsp3) is 1.00. The molecular weight excluding hydrogens is 178 g/mol. The minimum absolute atomic E-state index is 0.0830. The lowest BCUT2D eigenvalue weighted by atomic mass is 10.1. The van der Waals surface area contributed by atoms with Crippen LogP contribution in [0.2, 0.25) is 0 Å². The monoisotopic (exact) mass is 203 g/mol. The molecule has 0 fully saturated rings. The highest BCUT2D eigenvalue weighted by atomic mass is 16.6. The van der Waals surface area contributed by atoms with Crippen LogP contribution >= 0.6 is 0 Å². The minimum Gasteiger partial charge on any atom is -0.356 e. The average molecular weight is 203 g/mol. The zero-order valence-corrected chi connectivity index (χ0v) is 10.3. The Labute approximate surface area is 88.1 Å². The van der Waals surface area contributed by atoms with Gasteiger partial charge in [0.1, 0.15) is 0 Å². The predicted octanol–water partition coefficient (Wildman–Crippen LogP) is 1.91. The molecule has 0 aliphatic rings. The molecule has 0 aliphatic heterocycles. The summed E-state index contributed by atoms with van der Waals surface area (Å²) in [6.45, 7) is 11.2. The zero-order chi connectivity index (χ0) is 11.3.